The summed E-state index contributed by atoms with van der Waals surface area (Å²) in [5.41, 5.74) is -2.00. The zero-order valence-corrected chi connectivity index (χ0v) is 9.27. The Labute approximate surface area is 103 Å². The van der Waals surface area contributed by atoms with Crippen molar-refractivity contribution in [2.45, 2.75) is 6.18 Å². The minimum atomic E-state index is -4.78. The van der Waals surface area contributed by atoms with Crippen LogP contribution in [0.5, 0.6) is 0 Å². The van der Waals surface area contributed by atoms with Crippen molar-refractivity contribution in [1.29, 1.82) is 0 Å². The maximum atomic E-state index is 12.9. The van der Waals surface area contributed by atoms with E-state index in [2.05, 4.69) is 15.3 Å². The number of hydrogen-bond acceptors (Lipinski definition) is 4. The highest BCUT2D eigenvalue weighted by molar-refractivity contribution is 6.67. The lowest BCUT2D eigenvalue weighted by Gasteiger charge is -2.10. The molecular weight excluding hydrogens is 273 g/mol. The molecule has 2 heterocycles. The second kappa shape index (κ2) is 4.37. The third kappa shape index (κ3) is 2.19. The number of halogens is 4. The SMILES string of the molecule is O=C(Cl)c1cnn(-c2cccnn2)c1C(F)(F)F. The Morgan fingerprint density at radius 1 is 1.39 bits per heavy atom. The molecular formula is C9H4ClF3N4O. The Hall–Kier alpha value is -1.96. The van der Waals surface area contributed by atoms with Gasteiger partial charge >= 0.3 is 6.18 Å². The molecule has 0 aliphatic rings. The molecule has 0 saturated heterocycles. The Morgan fingerprint density at radius 3 is 2.61 bits per heavy atom. The molecule has 9 heteroatoms. The van der Waals surface area contributed by atoms with Gasteiger partial charge in [-0.25, -0.2) is 4.68 Å². The van der Waals surface area contributed by atoms with Crippen LogP contribution in [0.3, 0.4) is 0 Å². The second-order valence-electron chi connectivity index (χ2n) is 3.17. The molecule has 18 heavy (non-hydrogen) atoms. The number of carbonyl (C=O) groups excluding carboxylic acids is 1. The Morgan fingerprint density at radius 2 is 2.11 bits per heavy atom. The predicted molar refractivity (Wildman–Crippen MR) is 54.3 cm³/mol. The Kier molecular flexibility index (Phi) is 3.04. The van der Waals surface area contributed by atoms with Gasteiger partial charge in [-0.3, -0.25) is 4.79 Å². The van der Waals surface area contributed by atoms with E-state index < -0.39 is 22.7 Å². The van der Waals surface area contributed by atoms with Crippen molar-refractivity contribution in [2.24, 2.45) is 0 Å². The Balaban J connectivity index is 2.67. The van der Waals surface area contributed by atoms with Gasteiger partial charge in [-0.2, -0.15) is 23.4 Å². The van der Waals surface area contributed by atoms with Crippen LogP contribution in [0.15, 0.2) is 24.5 Å². The largest absolute Gasteiger partial charge is 0.434 e. The molecule has 2 rings (SSSR count). The molecule has 2 aromatic rings. The van der Waals surface area contributed by atoms with Crippen LogP contribution >= 0.6 is 11.6 Å². The van der Waals surface area contributed by atoms with Crippen LogP contribution in [0.25, 0.3) is 5.82 Å². The van der Waals surface area contributed by atoms with Crippen LogP contribution in [0, 0.1) is 0 Å². The van der Waals surface area contributed by atoms with Crippen molar-refractivity contribution in [3.63, 3.8) is 0 Å². The smallest absolute Gasteiger partial charge is 0.275 e. The first-order valence-electron chi connectivity index (χ1n) is 4.54. The first-order valence-corrected chi connectivity index (χ1v) is 4.92. The first-order chi connectivity index (χ1) is 8.41. The van der Waals surface area contributed by atoms with Crippen LogP contribution in [-0.2, 0) is 6.18 Å². The van der Waals surface area contributed by atoms with Gasteiger partial charge < -0.3 is 0 Å². The van der Waals surface area contributed by atoms with E-state index in [0.717, 1.165) is 6.20 Å². The molecule has 0 unspecified atom stereocenters. The summed E-state index contributed by atoms with van der Waals surface area (Å²) in [4.78, 5) is 10.9. The summed E-state index contributed by atoms with van der Waals surface area (Å²) in [6.45, 7) is 0. The van der Waals surface area contributed by atoms with E-state index in [1.807, 2.05) is 0 Å². The summed E-state index contributed by atoms with van der Waals surface area (Å²) in [5.74, 6) is -0.158. The molecule has 5 nitrogen and oxygen atoms in total. The number of alkyl halides is 3. The molecule has 0 amide bonds. The van der Waals surface area contributed by atoms with E-state index in [4.69, 9.17) is 11.6 Å². The third-order valence-electron chi connectivity index (χ3n) is 2.02. The monoisotopic (exact) mass is 276 g/mol. The second-order valence-corrected chi connectivity index (χ2v) is 3.52. The molecule has 0 aromatic carbocycles. The van der Waals surface area contributed by atoms with Gasteiger partial charge in [0.2, 0.25) is 0 Å². The highest BCUT2D eigenvalue weighted by atomic mass is 35.5. The molecule has 0 aliphatic carbocycles. The van der Waals surface area contributed by atoms with Crippen LogP contribution in [0.4, 0.5) is 13.2 Å². The molecule has 0 saturated carbocycles. The standard InChI is InChI=1S/C9H4ClF3N4O/c10-8(18)5-4-15-17(7(5)9(11,12)13)6-2-1-3-14-16-6/h1-4H. The lowest BCUT2D eigenvalue weighted by Crippen LogP contribution is -2.17. The number of hydrogen-bond donors (Lipinski definition) is 0. The van der Waals surface area contributed by atoms with Gasteiger partial charge in [-0.1, -0.05) is 0 Å². The van der Waals surface area contributed by atoms with Gasteiger partial charge in [0.15, 0.2) is 11.5 Å². The van der Waals surface area contributed by atoms with Crippen LogP contribution in [0.2, 0.25) is 0 Å². The molecule has 0 radical (unpaired) electrons. The highest BCUT2D eigenvalue weighted by Gasteiger charge is 2.40. The minimum absolute atomic E-state index is 0.158. The van der Waals surface area contributed by atoms with E-state index in [1.165, 1.54) is 18.3 Å². The zero-order chi connectivity index (χ0) is 13.3. The van der Waals surface area contributed by atoms with E-state index >= 15 is 0 Å². The quantitative estimate of drug-likeness (QED) is 0.788. The summed E-state index contributed by atoms with van der Waals surface area (Å²) in [6, 6.07) is 2.67. The lowest BCUT2D eigenvalue weighted by atomic mass is 10.2. The lowest BCUT2D eigenvalue weighted by molar-refractivity contribution is -0.143. The van der Waals surface area contributed by atoms with E-state index in [1.54, 1.807) is 0 Å². The molecule has 0 bridgehead atoms. The van der Waals surface area contributed by atoms with E-state index in [-0.39, 0.29) is 5.82 Å². The van der Waals surface area contributed by atoms with Gasteiger partial charge in [-0.05, 0) is 23.7 Å². The topological polar surface area (TPSA) is 60.7 Å². The first kappa shape index (κ1) is 12.5. The molecule has 0 spiro atoms. The van der Waals surface area contributed by atoms with Gasteiger partial charge in [0.05, 0.1) is 11.8 Å². The van der Waals surface area contributed by atoms with Gasteiger partial charge in [0.25, 0.3) is 5.24 Å². The summed E-state index contributed by atoms with van der Waals surface area (Å²) in [6.07, 6.45) is -2.74. The van der Waals surface area contributed by atoms with Gasteiger partial charge in [0.1, 0.15) is 0 Å². The van der Waals surface area contributed by atoms with Crippen molar-refractivity contribution in [3.8, 4) is 5.82 Å². The summed E-state index contributed by atoms with van der Waals surface area (Å²) in [7, 11) is 0. The number of nitrogens with zero attached hydrogens (tertiary/aromatic N) is 4. The fourth-order valence-corrected chi connectivity index (χ4v) is 1.48. The van der Waals surface area contributed by atoms with Crippen molar-refractivity contribution in [1.82, 2.24) is 20.0 Å². The Bertz CT molecular complexity index is 581. The summed E-state index contributed by atoms with van der Waals surface area (Å²) < 4.78 is 39.1. The summed E-state index contributed by atoms with van der Waals surface area (Å²) in [5, 5.41) is 9.16. The molecule has 0 N–H and O–H groups in total. The number of rotatable bonds is 2. The van der Waals surface area contributed by atoms with Gasteiger partial charge in [0, 0.05) is 6.20 Å². The van der Waals surface area contributed by atoms with Crippen molar-refractivity contribution >= 4 is 16.8 Å². The highest BCUT2D eigenvalue weighted by Crippen LogP contribution is 2.33. The van der Waals surface area contributed by atoms with Crippen molar-refractivity contribution < 1.29 is 18.0 Å². The van der Waals surface area contributed by atoms with E-state index in [0.29, 0.717) is 4.68 Å². The number of aromatic nitrogens is 4. The van der Waals surface area contributed by atoms with E-state index in [9.17, 15) is 18.0 Å². The van der Waals surface area contributed by atoms with Crippen LogP contribution in [-0.4, -0.2) is 25.2 Å². The molecule has 0 atom stereocenters. The fourth-order valence-electron chi connectivity index (χ4n) is 1.35. The fraction of sp³-hybridized carbons (Fsp3) is 0.111. The average Bonchev–Trinajstić information content (AvgIpc) is 2.74. The third-order valence-corrected chi connectivity index (χ3v) is 2.23. The maximum absolute atomic E-state index is 12.9. The zero-order valence-electron chi connectivity index (χ0n) is 8.52. The number of carbonyl (C=O) groups is 1. The van der Waals surface area contributed by atoms with Gasteiger partial charge in [-0.15, -0.1) is 5.10 Å². The van der Waals surface area contributed by atoms with Crippen LogP contribution < -0.4 is 0 Å². The van der Waals surface area contributed by atoms with Crippen molar-refractivity contribution in [3.05, 3.63) is 35.8 Å². The molecule has 94 valence electrons. The molecule has 0 fully saturated rings. The molecule has 2 aromatic heterocycles. The van der Waals surface area contributed by atoms with Crippen molar-refractivity contribution in [2.75, 3.05) is 0 Å². The summed E-state index contributed by atoms with van der Waals surface area (Å²) >= 11 is 5.09. The van der Waals surface area contributed by atoms with Crippen LogP contribution in [0.1, 0.15) is 16.1 Å². The normalized spacial score (nSPS) is 11.6. The maximum Gasteiger partial charge on any atom is 0.434 e. The predicted octanol–water partition coefficient (Wildman–Crippen LogP) is 2.06. The average molecular weight is 277 g/mol. The molecule has 0 aliphatic heterocycles. The minimum Gasteiger partial charge on any atom is -0.275 e.